The molecule has 0 aliphatic heterocycles. The molecule has 3 atom stereocenters. The van der Waals surface area contributed by atoms with Gasteiger partial charge in [-0.25, -0.2) is 0 Å². The van der Waals surface area contributed by atoms with Crippen LogP contribution in [0.2, 0.25) is 0 Å². The van der Waals surface area contributed by atoms with Crippen LogP contribution in [0, 0.1) is 18.8 Å². The summed E-state index contributed by atoms with van der Waals surface area (Å²) in [5.74, 6) is 2.55. The fourth-order valence-electron chi connectivity index (χ4n) is 3.15. The fourth-order valence-corrected chi connectivity index (χ4v) is 3.15. The Balaban J connectivity index is 1.66. The molecule has 1 aromatic heterocycles. The molecule has 1 saturated carbocycles. The smallest absolute Gasteiger partial charge is 0.220 e. The summed E-state index contributed by atoms with van der Waals surface area (Å²) in [6, 6.07) is 3.95. The first-order valence-electron chi connectivity index (χ1n) is 8.57. The number of aryl methyl sites for hydroxylation is 1. The van der Waals surface area contributed by atoms with Crippen LogP contribution in [0.5, 0.6) is 0 Å². The molecule has 0 saturated heterocycles. The van der Waals surface area contributed by atoms with Gasteiger partial charge in [0.25, 0.3) is 0 Å². The zero-order valence-electron chi connectivity index (χ0n) is 14.4. The van der Waals surface area contributed by atoms with Crippen LogP contribution in [-0.4, -0.2) is 17.9 Å². The lowest BCUT2D eigenvalue weighted by molar-refractivity contribution is -0.127. The monoisotopic (exact) mass is 320 g/mol. The average Bonchev–Trinajstić information content (AvgIpc) is 2.93. The Bertz CT molecular complexity index is 538. The number of nitrogens with one attached hydrogen (secondary N) is 2. The maximum Gasteiger partial charge on any atom is 0.220 e. The lowest BCUT2D eigenvalue weighted by Crippen LogP contribution is -2.43. The number of rotatable bonds is 6. The van der Waals surface area contributed by atoms with Gasteiger partial charge in [-0.15, -0.1) is 0 Å². The van der Waals surface area contributed by atoms with Gasteiger partial charge in [-0.1, -0.05) is 26.7 Å². The number of hydrogen-bond acceptors (Lipinski definition) is 3. The van der Waals surface area contributed by atoms with Crippen molar-refractivity contribution in [3.63, 3.8) is 0 Å². The number of hydrogen-bond donors (Lipinski definition) is 2. The van der Waals surface area contributed by atoms with E-state index in [1.807, 2.05) is 19.1 Å². The highest BCUT2D eigenvalue weighted by Gasteiger charge is 2.28. The highest BCUT2D eigenvalue weighted by molar-refractivity contribution is 5.83. The Morgan fingerprint density at radius 2 is 1.91 bits per heavy atom. The largest absolute Gasteiger partial charge is 0.465 e. The summed E-state index contributed by atoms with van der Waals surface area (Å²) in [6.45, 7) is 6.67. The van der Waals surface area contributed by atoms with Gasteiger partial charge >= 0.3 is 0 Å². The maximum atomic E-state index is 12.0. The molecule has 23 heavy (non-hydrogen) atoms. The summed E-state index contributed by atoms with van der Waals surface area (Å²) < 4.78 is 5.39. The highest BCUT2D eigenvalue weighted by Crippen LogP contribution is 2.29. The van der Waals surface area contributed by atoms with Gasteiger partial charge < -0.3 is 15.1 Å². The molecule has 2 rings (SSSR count). The number of furan rings is 1. The number of amides is 2. The van der Waals surface area contributed by atoms with Gasteiger partial charge in [0.1, 0.15) is 11.5 Å². The van der Waals surface area contributed by atoms with E-state index >= 15 is 0 Å². The lowest BCUT2D eigenvalue weighted by Gasteiger charge is -2.34. The third kappa shape index (κ3) is 5.41. The second-order valence-corrected chi connectivity index (χ2v) is 6.73. The van der Waals surface area contributed by atoms with E-state index in [9.17, 15) is 9.59 Å². The molecule has 1 aliphatic carbocycles. The number of carbonyl (C=O) groups excluding carboxylic acids is 2. The molecule has 1 aliphatic rings. The SMILES string of the molecule is Cc1ccc(CNC(=O)CCC(=O)N[C@@H]2CCC[C@@H](C)[C@H]2C)o1. The average molecular weight is 320 g/mol. The van der Waals surface area contributed by atoms with E-state index in [1.165, 1.54) is 12.8 Å². The molecule has 0 bridgehead atoms. The van der Waals surface area contributed by atoms with Crippen LogP contribution < -0.4 is 10.6 Å². The van der Waals surface area contributed by atoms with Gasteiger partial charge in [0.2, 0.25) is 11.8 Å². The first kappa shape index (κ1) is 17.6. The number of carbonyl (C=O) groups is 2. The lowest BCUT2D eigenvalue weighted by atomic mass is 9.78. The van der Waals surface area contributed by atoms with E-state index in [1.54, 1.807) is 0 Å². The minimum absolute atomic E-state index is 0.0278. The van der Waals surface area contributed by atoms with E-state index in [-0.39, 0.29) is 30.7 Å². The van der Waals surface area contributed by atoms with Gasteiger partial charge in [0.05, 0.1) is 6.54 Å². The van der Waals surface area contributed by atoms with Crippen molar-refractivity contribution in [3.05, 3.63) is 23.7 Å². The molecule has 2 N–H and O–H groups in total. The van der Waals surface area contributed by atoms with Crippen molar-refractivity contribution < 1.29 is 14.0 Å². The molecule has 128 valence electrons. The first-order valence-corrected chi connectivity index (χ1v) is 8.57. The van der Waals surface area contributed by atoms with E-state index < -0.39 is 0 Å². The third-order valence-corrected chi connectivity index (χ3v) is 4.89. The molecule has 0 aromatic carbocycles. The van der Waals surface area contributed by atoms with Gasteiger partial charge in [-0.05, 0) is 37.3 Å². The predicted molar refractivity (Wildman–Crippen MR) is 88.6 cm³/mol. The van der Waals surface area contributed by atoms with Crippen molar-refractivity contribution in [1.82, 2.24) is 10.6 Å². The second-order valence-electron chi connectivity index (χ2n) is 6.73. The van der Waals surface area contributed by atoms with Gasteiger partial charge in [0.15, 0.2) is 0 Å². The minimum atomic E-state index is -0.126. The van der Waals surface area contributed by atoms with Crippen LogP contribution in [0.1, 0.15) is 57.5 Å². The van der Waals surface area contributed by atoms with Crippen molar-refractivity contribution in [2.75, 3.05) is 0 Å². The van der Waals surface area contributed by atoms with Crippen LogP contribution in [0.15, 0.2) is 16.5 Å². The summed E-state index contributed by atoms with van der Waals surface area (Å²) in [6.07, 6.45) is 3.89. The summed E-state index contributed by atoms with van der Waals surface area (Å²) in [5, 5.41) is 5.87. The maximum absolute atomic E-state index is 12.0. The third-order valence-electron chi connectivity index (χ3n) is 4.89. The van der Waals surface area contributed by atoms with E-state index in [4.69, 9.17) is 4.42 Å². The van der Waals surface area contributed by atoms with Crippen molar-refractivity contribution >= 4 is 11.8 Å². The Morgan fingerprint density at radius 1 is 1.17 bits per heavy atom. The van der Waals surface area contributed by atoms with Crippen LogP contribution in [0.3, 0.4) is 0 Å². The van der Waals surface area contributed by atoms with E-state index in [0.29, 0.717) is 18.4 Å². The second kappa shape index (κ2) is 8.18. The summed E-state index contributed by atoms with van der Waals surface area (Å²) in [7, 11) is 0. The zero-order chi connectivity index (χ0) is 16.8. The quantitative estimate of drug-likeness (QED) is 0.846. The van der Waals surface area contributed by atoms with Gasteiger partial charge in [0, 0.05) is 18.9 Å². The standard InChI is InChI=1S/C18H28N2O3/c1-12-5-4-6-16(14(12)3)20-18(22)10-9-17(21)19-11-15-8-7-13(2)23-15/h7-8,12,14,16H,4-6,9-11H2,1-3H3,(H,19,21)(H,20,22)/t12-,14-,16-/m1/s1. The van der Waals surface area contributed by atoms with Crippen molar-refractivity contribution in [2.24, 2.45) is 11.8 Å². The molecular formula is C18H28N2O3. The van der Waals surface area contributed by atoms with Crippen LogP contribution in [0.4, 0.5) is 0 Å². The first-order chi connectivity index (χ1) is 11.0. The Hall–Kier alpha value is -1.78. The molecule has 0 radical (unpaired) electrons. The van der Waals surface area contributed by atoms with Crippen LogP contribution in [0.25, 0.3) is 0 Å². The fraction of sp³-hybridized carbons (Fsp3) is 0.667. The van der Waals surface area contributed by atoms with E-state index in [0.717, 1.165) is 17.9 Å². The van der Waals surface area contributed by atoms with Crippen LogP contribution >= 0.6 is 0 Å². The molecule has 5 nitrogen and oxygen atoms in total. The normalized spacial score (nSPS) is 24.2. The van der Waals surface area contributed by atoms with Crippen molar-refractivity contribution in [3.8, 4) is 0 Å². The van der Waals surface area contributed by atoms with Gasteiger partial charge in [-0.2, -0.15) is 0 Å². The molecule has 0 unspecified atom stereocenters. The Labute approximate surface area is 138 Å². The van der Waals surface area contributed by atoms with Crippen molar-refractivity contribution in [1.29, 1.82) is 0 Å². The molecular weight excluding hydrogens is 292 g/mol. The Morgan fingerprint density at radius 3 is 2.61 bits per heavy atom. The van der Waals surface area contributed by atoms with Crippen LogP contribution in [-0.2, 0) is 16.1 Å². The molecule has 1 fully saturated rings. The Kier molecular flexibility index (Phi) is 6.25. The molecule has 0 spiro atoms. The van der Waals surface area contributed by atoms with Gasteiger partial charge in [-0.3, -0.25) is 9.59 Å². The summed E-state index contributed by atoms with van der Waals surface area (Å²) in [5.41, 5.74) is 0. The summed E-state index contributed by atoms with van der Waals surface area (Å²) >= 11 is 0. The minimum Gasteiger partial charge on any atom is -0.465 e. The zero-order valence-corrected chi connectivity index (χ0v) is 14.4. The highest BCUT2D eigenvalue weighted by atomic mass is 16.3. The molecule has 1 heterocycles. The topological polar surface area (TPSA) is 71.3 Å². The summed E-state index contributed by atoms with van der Waals surface area (Å²) in [4.78, 5) is 23.8. The van der Waals surface area contributed by atoms with Crippen molar-refractivity contribution in [2.45, 2.75) is 65.5 Å². The van der Waals surface area contributed by atoms with E-state index in [2.05, 4.69) is 24.5 Å². The molecule has 5 heteroatoms. The predicted octanol–water partition coefficient (Wildman–Crippen LogP) is 2.93. The molecule has 1 aromatic rings. The molecule has 2 amide bonds.